The molecule has 0 saturated carbocycles. The van der Waals surface area contributed by atoms with Gasteiger partial charge in [-0.2, -0.15) is 0 Å². The lowest BCUT2D eigenvalue weighted by Crippen LogP contribution is -2.40. The molecule has 8 nitrogen and oxygen atoms in total. The third-order valence-electron chi connectivity index (χ3n) is 3.70. The minimum Gasteiger partial charge on any atom is -0.481 e. The number of carbonyl (C=O) groups excluding carboxylic acids is 1. The lowest BCUT2D eigenvalue weighted by molar-refractivity contribution is -0.146. The molecule has 1 aliphatic rings. The Hall–Kier alpha value is -2.12. The second kappa shape index (κ2) is 5.48. The van der Waals surface area contributed by atoms with Crippen molar-refractivity contribution in [3.8, 4) is 0 Å². The van der Waals surface area contributed by atoms with Crippen LogP contribution in [0.3, 0.4) is 0 Å². The van der Waals surface area contributed by atoms with E-state index in [1.54, 1.807) is 17.8 Å². The summed E-state index contributed by atoms with van der Waals surface area (Å²) >= 11 is 0. The van der Waals surface area contributed by atoms with Crippen LogP contribution >= 0.6 is 0 Å². The normalized spacial score (nSPS) is 22.0. The highest BCUT2D eigenvalue weighted by Gasteiger charge is 2.42. The smallest absolute Gasteiger partial charge is 0.317 e. The van der Waals surface area contributed by atoms with E-state index in [1.165, 1.54) is 4.90 Å². The van der Waals surface area contributed by atoms with Crippen molar-refractivity contribution in [3.63, 3.8) is 0 Å². The molecule has 0 spiro atoms. The van der Waals surface area contributed by atoms with Crippen molar-refractivity contribution < 1.29 is 14.7 Å². The molecule has 110 valence electrons. The fourth-order valence-electron chi connectivity index (χ4n) is 2.27. The number of hydrogen-bond donors (Lipinski definition) is 2. The van der Waals surface area contributed by atoms with Crippen LogP contribution in [0.5, 0.6) is 0 Å². The molecule has 2 rings (SSSR count). The second-order valence-corrected chi connectivity index (χ2v) is 5.24. The molecular weight excluding hydrogens is 262 g/mol. The number of carboxylic acid groups (broad SMARTS) is 1. The number of aromatic nitrogens is 3. The maximum absolute atomic E-state index is 12.0. The Morgan fingerprint density at radius 2 is 2.30 bits per heavy atom. The van der Waals surface area contributed by atoms with Gasteiger partial charge in [-0.1, -0.05) is 5.21 Å². The Labute approximate surface area is 116 Å². The molecule has 1 saturated heterocycles. The molecule has 0 aromatic carbocycles. The van der Waals surface area contributed by atoms with E-state index in [0.29, 0.717) is 26.1 Å². The standard InChI is InChI=1S/C12H19N5O3/c1-3-17-9(7-14-15-17)6-13-11(20)16-5-4-12(2,8-16)10(18)19/h7H,3-6,8H2,1-2H3,(H,13,20)(H,18,19). The molecule has 8 heteroatoms. The number of nitrogens with one attached hydrogen (secondary N) is 1. The summed E-state index contributed by atoms with van der Waals surface area (Å²) in [5, 5.41) is 19.6. The maximum atomic E-state index is 12.0. The molecule has 2 amide bonds. The summed E-state index contributed by atoms with van der Waals surface area (Å²) in [6, 6.07) is -0.251. The van der Waals surface area contributed by atoms with Crippen LogP contribution in [0.2, 0.25) is 0 Å². The first-order chi connectivity index (χ1) is 9.46. The van der Waals surface area contributed by atoms with Crippen molar-refractivity contribution in [2.75, 3.05) is 13.1 Å². The quantitative estimate of drug-likeness (QED) is 0.827. The molecule has 1 atom stereocenters. The van der Waals surface area contributed by atoms with Crippen LogP contribution in [0.1, 0.15) is 26.0 Å². The largest absolute Gasteiger partial charge is 0.481 e. The van der Waals surface area contributed by atoms with E-state index in [4.69, 9.17) is 5.11 Å². The Kier molecular flexibility index (Phi) is 3.91. The van der Waals surface area contributed by atoms with Gasteiger partial charge in [0.25, 0.3) is 0 Å². The Bertz CT molecular complexity index is 515. The van der Waals surface area contributed by atoms with E-state index < -0.39 is 11.4 Å². The van der Waals surface area contributed by atoms with Gasteiger partial charge in [-0.05, 0) is 20.3 Å². The van der Waals surface area contributed by atoms with Crippen molar-refractivity contribution in [3.05, 3.63) is 11.9 Å². The topological polar surface area (TPSA) is 100 Å². The SMILES string of the molecule is CCn1nncc1CNC(=O)N1CCC(C)(C(=O)O)C1. The minimum absolute atomic E-state index is 0.236. The number of rotatable bonds is 4. The summed E-state index contributed by atoms with van der Waals surface area (Å²) in [6.07, 6.45) is 2.08. The first kappa shape index (κ1) is 14.3. The lowest BCUT2D eigenvalue weighted by Gasteiger charge is -2.20. The molecule has 1 fully saturated rings. The highest BCUT2D eigenvalue weighted by atomic mass is 16.4. The van der Waals surface area contributed by atoms with Crippen LogP contribution < -0.4 is 5.32 Å². The summed E-state index contributed by atoms with van der Waals surface area (Å²) in [4.78, 5) is 24.7. The zero-order valence-corrected chi connectivity index (χ0v) is 11.7. The molecule has 1 aromatic heterocycles. The average molecular weight is 281 g/mol. The number of hydrogen-bond acceptors (Lipinski definition) is 4. The Morgan fingerprint density at radius 3 is 2.90 bits per heavy atom. The number of carbonyl (C=O) groups is 2. The van der Waals surface area contributed by atoms with Gasteiger partial charge >= 0.3 is 12.0 Å². The Morgan fingerprint density at radius 1 is 1.55 bits per heavy atom. The van der Waals surface area contributed by atoms with Gasteiger partial charge in [0.15, 0.2) is 0 Å². The summed E-state index contributed by atoms with van der Waals surface area (Å²) in [6.45, 7) is 5.32. The number of aryl methyl sites for hydroxylation is 1. The van der Waals surface area contributed by atoms with E-state index in [0.717, 1.165) is 5.69 Å². The predicted octanol–water partition coefficient (Wildman–Crippen LogP) is 0.304. The minimum atomic E-state index is -0.860. The fourth-order valence-corrected chi connectivity index (χ4v) is 2.27. The second-order valence-electron chi connectivity index (χ2n) is 5.24. The lowest BCUT2D eigenvalue weighted by atomic mass is 9.90. The van der Waals surface area contributed by atoms with Crippen LogP contribution in [-0.2, 0) is 17.9 Å². The van der Waals surface area contributed by atoms with Crippen LogP contribution in [0.25, 0.3) is 0 Å². The van der Waals surface area contributed by atoms with Crippen molar-refractivity contribution >= 4 is 12.0 Å². The van der Waals surface area contributed by atoms with Gasteiger partial charge in [0.1, 0.15) is 0 Å². The molecule has 2 N–H and O–H groups in total. The van der Waals surface area contributed by atoms with Crippen LogP contribution in [0.4, 0.5) is 4.79 Å². The van der Waals surface area contributed by atoms with Crippen molar-refractivity contribution in [1.29, 1.82) is 0 Å². The Balaban J connectivity index is 1.89. The van der Waals surface area contributed by atoms with Gasteiger partial charge < -0.3 is 15.3 Å². The summed E-state index contributed by atoms with van der Waals surface area (Å²) < 4.78 is 1.70. The number of aliphatic carboxylic acids is 1. The highest BCUT2D eigenvalue weighted by molar-refractivity contribution is 5.79. The maximum Gasteiger partial charge on any atom is 0.317 e. The van der Waals surface area contributed by atoms with Gasteiger partial charge in [-0.3, -0.25) is 4.79 Å². The molecule has 20 heavy (non-hydrogen) atoms. The first-order valence-electron chi connectivity index (χ1n) is 6.60. The molecule has 0 bridgehead atoms. The highest BCUT2D eigenvalue weighted by Crippen LogP contribution is 2.29. The number of likely N-dealkylation sites (tertiary alicyclic amines) is 1. The van der Waals surface area contributed by atoms with E-state index in [-0.39, 0.29) is 12.6 Å². The fraction of sp³-hybridized carbons (Fsp3) is 0.667. The average Bonchev–Trinajstić information content (AvgIpc) is 3.03. The van der Waals surface area contributed by atoms with E-state index in [2.05, 4.69) is 15.6 Å². The molecule has 2 heterocycles. The molecular formula is C12H19N5O3. The van der Waals surface area contributed by atoms with Gasteiger partial charge in [0.2, 0.25) is 0 Å². The summed E-state index contributed by atoms with van der Waals surface area (Å²) in [5.74, 6) is -0.860. The van der Waals surface area contributed by atoms with Crippen molar-refractivity contribution in [1.82, 2.24) is 25.2 Å². The zero-order valence-electron chi connectivity index (χ0n) is 11.7. The van der Waals surface area contributed by atoms with Crippen LogP contribution in [-0.4, -0.2) is 50.1 Å². The van der Waals surface area contributed by atoms with E-state index in [9.17, 15) is 9.59 Å². The van der Waals surface area contributed by atoms with E-state index in [1.807, 2.05) is 6.92 Å². The van der Waals surface area contributed by atoms with Gasteiger partial charge in [-0.15, -0.1) is 5.10 Å². The molecule has 1 unspecified atom stereocenters. The van der Waals surface area contributed by atoms with Crippen molar-refractivity contribution in [2.45, 2.75) is 33.4 Å². The van der Waals surface area contributed by atoms with Crippen molar-refractivity contribution in [2.24, 2.45) is 5.41 Å². The predicted molar refractivity (Wildman–Crippen MR) is 69.9 cm³/mol. The first-order valence-corrected chi connectivity index (χ1v) is 6.60. The van der Waals surface area contributed by atoms with Gasteiger partial charge in [-0.25, -0.2) is 9.48 Å². The number of urea groups is 1. The monoisotopic (exact) mass is 281 g/mol. The molecule has 0 radical (unpaired) electrons. The molecule has 1 aromatic rings. The summed E-state index contributed by atoms with van der Waals surface area (Å²) in [7, 11) is 0. The van der Waals surface area contributed by atoms with Gasteiger partial charge in [0.05, 0.1) is 23.9 Å². The zero-order chi connectivity index (χ0) is 14.8. The van der Waals surface area contributed by atoms with Crippen LogP contribution in [0, 0.1) is 5.41 Å². The molecule has 0 aliphatic carbocycles. The van der Waals surface area contributed by atoms with Crippen LogP contribution in [0.15, 0.2) is 6.20 Å². The third kappa shape index (κ3) is 2.73. The summed E-state index contributed by atoms with van der Waals surface area (Å²) in [5.41, 5.74) is -0.0228. The van der Waals surface area contributed by atoms with Gasteiger partial charge in [0, 0.05) is 19.6 Å². The number of nitrogens with zero attached hydrogens (tertiary/aromatic N) is 4. The number of amides is 2. The van der Waals surface area contributed by atoms with E-state index >= 15 is 0 Å². The third-order valence-corrected chi connectivity index (χ3v) is 3.70. The number of carboxylic acids is 1. The molecule has 1 aliphatic heterocycles.